The Bertz CT molecular complexity index is 148. The molecule has 0 amide bonds. The summed E-state index contributed by atoms with van der Waals surface area (Å²) in [5.74, 6) is -1.33. The van der Waals surface area contributed by atoms with Gasteiger partial charge < -0.3 is 10.8 Å². The summed E-state index contributed by atoms with van der Waals surface area (Å²) < 4.78 is 12.9. The number of aliphatic carboxylic acids is 1. The Morgan fingerprint density at radius 1 is 1.50 bits per heavy atom. The normalized spacial score (nSPS) is 18.1. The van der Waals surface area contributed by atoms with Crippen LogP contribution in [0.15, 0.2) is 0 Å². The molecule has 0 radical (unpaired) electrons. The van der Waals surface area contributed by atoms with E-state index in [0.717, 1.165) is 20.8 Å². The minimum absolute atomic E-state index is 1.14. The Morgan fingerprint density at radius 3 is 1.80 bits per heavy atom. The molecule has 0 bridgehead atoms. The Balaban J connectivity index is 4.57. The highest BCUT2D eigenvalue weighted by atomic mass is 19.1. The standard InChI is InChI=1S/C6H12FNO2/c1-5(2,7)6(3,8)4(9)10/h8H2,1-3H3,(H,9,10). The van der Waals surface area contributed by atoms with Crippen LogP contribution in [0.25, 0.3) is 0 Å². The summed E-state index contributed by atoms with van der Waals surface area (Å²) in [4.78, 5) is 10.3. The maximum Gasteiger partial charge on any atom is 0.326 e. The molecule has 0 saturated carbocycles. The topological polar surface area (TPSA) is 63.3 Å². The van der Waals surface area contributed by atoms with E-state index in [4.69, 9.17) is 10.8 Å². The van der Waals surface area contributed by atoms with Crippen LogP contribution in [0.3, 0.4) is 0 Å². The lowest BCUT2D eigenvalue weighted by molar-refractivity contribution is -0.147. The van der Waals surface area contributed by atoms with E-state index in [1.165, 1.54) is 0 Å². The summed E-state index contributed by atoms with van der Waals surface area (Å²) in [6.07, 6.45) is 0. The van der Waals surface area contributed by atoms with Crippen molar-refractivity contribution in [2.75, 3.05) is 0 Å². The molecule has 10 heavy (non-hydrogen) atoms. The van der Waals surface area contributed by atoms with Crippen LogP contribution >= 0.6 is 0 Å². The van der Waals surface area contributed by atoms with Crippen molar-refractivity contribution in [3.63, 3.8) is 0 Å². The first-order valence-electron chi connectivity index (χ1n) is 2.91. The molecule has 0 spiro atoms. The lowest BCUT2D eigenvalue weighted by Gasteiger charge is -2.29. The van der Waals surface area contributed by atoms with Crippen molar-refractivity contribution < 1.29 is 14.3 Å². The first-order valence-corrected chi connectivity index (χ1v) is 2.91. The van der Waals surface area contributed by atoms with Gasteiger partial charge in [0.1, 0.15) is 11.2 Å². The second-order valence-corrected chi connectivity index (χ2v) is 2.98. The lowest BCUT2D eigenvalue weighted by Crippen LogP contribution is -2.58. The monoisotopic (exact) mass is 149 g/mol. The number of alkyl halides is 1. The van der Waals surface area contributed by atoms with Gasteiger partial charge in [-0.1, -0.05) is 0 Å². The fraction of sp³-hybridized carbons (Fsp3) is 0.833. The van der Waals surface area contributed by atoms with Gasteiger partial charge in [-0.3, -0.25) is 4.79 Å². The fourth-order valence-corrected chi connectivity index (χ4v) is 0.254. The van der Waals surface area contributed by atoms with Crippen molar-refractivity contribution in [3.8, 4) is 0 Å². The summed E-state index contributed by atoms with van der Waals surface area (Å²) >= 11 is 0. The quantitative estimate of drug-likeness (QED) is 0.602. The van der Waals surface area contributed by atoms with Gasteiger partial charge in [0.25, 0.3) is 0 Å². The van der Waals surface area contributed by atoms with Crippen LogP contribution in [0.4, 0.5) is 4.39 Å². The largest absolute Gasteiger partial charge is 0.480 e. The Hall–Kier alpha value is -0.640. The number of carbonyl (C=O) groups is 1. The number of rotatable bonds is 2. The first kappa shape index (κ1) is 9.36. The number of carboxylic acid groups (broad SMARTS) is 1. The van der Waals surface area contributed by atoms with Crippen molar-refractivity contribution in [3.05, 3.63) is 0 Å². The highest BCUT2D eigenvalue weighted by Crippen LogP contribution is 2.22. The van der Waals surface area contributed by atoms with Gasteiger partial charge >= 0.3 is 5.97 Å². The number of carboxylic acids is 1. The van der Waals surface area contributed by atoms with Gasteiger partial charge in [0.2, 0.25) is 0 Å². The van der Waals surface area contributed by atoms with E-state index in [1.54, 1.807) is 0 Å². The minimum Gasteiger partial charge on any atom is -0.480 e. The molecule has 1 atom stereocenters. The third-order valence-corrected chi connectivity index (χ3v) is 1.68. The molecule has 0 aliphatic carbocycles. The molecule has 0 heterocycles. The summed E-state index contributed by atoms with van der Waals surface area (Å²) in [5.41, 5.74) is 1.45. The summed E-state index contributed by atoms with van der Waals surface area (Å²) in [5, 5.41) is 8.41. The number of nitrogens with two attached hydrogens (primary N) is 1. The van der Waals surface area contributed by atoms with Crippen molar-refractivity contribution in [2.24, 2.45) is 5.73 Å². The van der Waals surface area contributed by atoms with Crippen LogP contribution in [0.2, 0.25) is 0 Å². The smallest absolute Gasteiger partial charge is 0.326 e. The second-order valence-electron chi connectivity index (χ2n) is 2.98. The molecule has 0 aromatic heterocycles. The number of halogens is 1. The summed E-state index contributed by atoms with van der Waals surface area (Å²) in [6, 6.07) is 0. The molecule has 0 aliphatic rings. The average molecular weight is 149 g/mol. The van der Waals surface area contributed by atoms with Crippen LogP contribution < -0.4 is 5.73 Å². The van der Waals surface area contributed by atoms with Crippen molar-refractivity contribution in [1.82, 2.24) is 0 Å². The van der Waals surface area contributed by atoms with E-state index in [1.807, 2.05) is 0 Å². The maximum absolute atomic E-state index is 12.9. The van der Waals surface area contributed by atoms with Gasteiger partial charge in [-0.05, 0) is 20.8 Å². The van der Waals surface area contributed by atoms with Crippen molar-refractivity contribution in [1.29, 1.82) is 0 Å². The van der Waals surface area contributed by atoms with Gasteiger partial charge in [0, 0.05) is 0 Å². The zero-order valence-electron chi connectivity index (χ0n) is 6.31. The SMILES string of the molecule is CC(C)(F)C(C)(N)C(=O)O. The molecule has 3 N–H and O–H groups in total. The van der Waals surface area contributed by atoms with E-state index in [0.29, 0.717) is 0 Å². The van der Waals surface area contributed by atoms with Gasteiger partial charge in [-0.15, -0.1) is 0 Å². The molecule has 60 valence electrons. The molecule has 1 unspecified atom stereocenters. The molecule has 0 fully saturated rings. The van der Waals surface area contributed by atoms with Crippen LogP contribution in [-0.4, -0.2) is 22.3 Å². The predicted octanol–water partition coefficient (Wildman–Crippen LogP) is 0.536. The van der Waals surface area contributed by atoms with Crippen LogP contribution in [-0.2, 0) is 4.79 Å². The zero-order chi connectivity index (χ0) is 8.58. The molecule has 3 nitrogen and oxygen atoms in total. The molecular weight excluding hydrogens is 137 g/mol. The van der Waals surface area contributed by atoms with E-state index >= 15 is 0 Å². The third-order valence-electron chi connectivity index (χ3n) is 1.68. The molecule has 0 rings (SSSR count). The van der Waals surface area contributed by atoms with Gasteiger partial charge in [0.05, 0.1) is 0 Å². The lowest BCUT2D eigenvalue weighted by atomic mass is 9.87. The van der Waals surface area contributed by atoms with Gasteiger partial charge in [0.15, 0.2) is 0 Å². The summed E-state index contributed by atoms with van der Waals surface area (Å²) in [7, 11) is 0. The molecule has 0 aromatic rings. The molecule has 0 saturated heterocycles. The van der Waals surface area contributed by atoms with E-state index in [-0.39, 0.29) is 0 Å². The predicted molar refractivity (Wildman–Crippen MR) is 35.4 cm³/mol. The first-order chi connectivity index (χ1) is 4.19. The van der Waals surface area contributed by atoms with Crippen LogP contribution in [0.5, 0.6) is 0 Å². The molecule has 4 heteroatoms. The Morgan fingerprint density at radius 2 is 1.80 bits per heavy atom. The number of hydrogen-bond donors (Lipinski definition) is 2. The molecule has 0 aliphatic heterocycles. The van der Waals surface area contributed by atoms with E-state index in [2.05, 4.69) is 0 Å². The van der Waals surface area contributed by atoms with E-state index < -0.39 is 17.2 Å². The van der Waals surface area contributed by atoms with Crippen LogP contribution in [0, 0.1) is 0 Å². The van der Waals surface area contributed by atoms with Gasteiger partial charge in [-0.2, -0.15) is 0 Å². The molecule has 0 aromatic carbocycles. The number of hydrogen-bond acceptors (Lipinski definition) is 2. The zero-order valence-corrected chi connectivity index (χ0v) is 6.31. The Labute approximate surface area is 59.0 Å². The summed E-state index contributed by atoms with van der Waals surface area (Å²) in [6.45, 7) is 3.43. The van der Waals surface area contributed by atoms with Crippen LogP contribution in [0.1, 0.15) is 20.8 Å². The van der Waals surface area contributed by atoms with Gasteiger partial charge in [-0.25, -0.2) is 4.39 Å². The van der Waals surface area contributed by atoms with Crippen molar-refractivity contribution in [2.45, 2.75) is 32.0 Å². The highest BCUT2D eigenvalue weighted by molar-refractivity contribution is 5.79. The van der Waals surface area contributed by atoms with Crippen molar-refractivity contribution >= 4 is 5.97 Å². The van der Waals surface area contributed by atoms with E-state index in [9.17, 15) is 9.18 Å². The molecular formula is C6H12FNO2. The minimum atomic E-state index is -1.90. The maximum atomic E-state index is 12.9. The third kappa shape index (κ3) is 1.44. The Kier molecular flexibility index (Phi) is 2.06. The highest BCUT2D eigenvalue weighted by Gasteiger charge is 2.44. The average Bonchev–Trinajstić information content (AvgIpc) is 1.62. The second kappa shape index (κ2) is 2.20. The fourth-order valence-electron chi connectivity index (χ4n) is 0.254.